The van der Waals surface area contributed by atoms with Crippen LogP contribution in [-0.4, -0.2) is 24.3 Å². The van der Waals surface area contributed by atoms with Crippen LogP contribution < -0.4 is 0 Å². The summed E-state index contributed by atoms with van der Waals surface area (Å²) in [5.74, 6) is -0.330. The maximum Gasteiger partial charge on any atom is 0.324 e. The Bertz CT molecular complexity index is 835. The molecule has 0 saturated carbocycles. The Morgan fingerprint density at radius 1 is 1.30 bits per heavy atom. The first-order valence-electron chi connectivity index (χ1n) is 5.36. The van der Waals surface area contributed by atoms with Crippen molar-refractivity contribution in [3.8, 4) is 11.5 Å². The first-order chi connectivity index (χ1) is 9.56. The predicted molar refractivity (Wildman–Crippen MR) is 67.8 cm³/mol. The Morgan fingerprint density at radius 3 is 2.80 bits per heavy atom. The molecule has 0 amide bonds. The van der Waals surface area contributed by atoms with Crippen LogP contribution in [0.5, 0.6) is 0 Å². The van der Waals surface area contributed by atoms with E-state index in [0.717, 1.165) is 6.20 Å². The minimum atomic E-state index is -0.680. The van der Waals surface area contributed by atoms with E-state index in [1.807, 2.05) is 0 Å². The van der Waals surface area contributed by atoms with Gasteiger partial charge < -0.3 is 0 Å². The van der Waals surface area contributed by atoms with Crippen LogP contribution in [0.2, 0.25) is 5.15 Å². The molecule has 0 N–H and O–H groups in total. The van der Waals surface area contributed by atoms with Crippen molar-refractivity contribution in [1.82, 2.24) is 19.4 Å². The molecule has 3 aromatic heterocycles. The summed E-state index contributed by atoms with van der Waals surface area (Å²) in [6, 6.07) is 2.77. The average molecular weight is 294 g/mol. The quantitative estimate of drug-likeness (QED) is 0.411. The molecule has 0 aliphatic rings. The number of fused-ring (bicyclic) bond motifs is 1. The molecule has 0 aliphatic heterocycles. The van der Waals surface area contributed by atoms with Crippen molar-refractivity contribution >= 4 is 22.9 Å². The second-order valence-electron chi connectivity index (χ2n) is 3.85. The summed E-state index contributed by atoms with van der Waals surface area (Å²) < 4.78 is 14.7. The van der Waals surface area contributed by atoms with Gasteiger partial charge in [0.15, 0.2) is 5.82 Å². The first-order valence-corrected chi connectivity index (χ1v) is 5.74. The van der Waals surface area contributed by atoms with Gasteiger partial charge in [0.1, 0.15) is 23.4 Å². The molecule has 20 heavy (non-hydrogen) atoms. The fourth-order valence-electron chi connectivity index (χ4n) is 1.72. The second kappa shape index (κ2) is 4.49. The number of nitro groups is 1. The first kappa shape index (κ1) is 12.4. The molecular formula is C11H5ClFN5O2. The Kier molecular flexibility index (Phi) is 2.79. The standard InChI is InChI=1S/C11H5ClFN5O2/c12-10-7(18(19)20)3-15-11(16-10)8-4-14-9-2-1-6(13)5-17(8)9/h1-5H. The Morgan fingerprint density at radius 2 is 2.10 bits per heavy atom. The van der Waals surface area contributed by atoms with Crippen LogP contribution in [0.15, 0.2) is 30.7 Å². The lowest BCUT2D eigenvalue weighted by Crippen LogP contribution is -1.98. The van der Waals surface area contributed by atoms with Gasteiger partial charge in [-0.1, -0.05) is 11.6 Å². The number of halogens is 2. The fraction of sp³-hybridized carbons (Fsp3) is 0. The largest absolute Gasteiger partial charge is 0.324 e. The predicted octanol–water partition coefficient (Wildman–Crippen LogP) is 2.49. The van der Waals surface area contributed by atoms with Crippen LogP contribution in [0.4, 0.5) is 10.1 Å². The molecule has 0 aliphatic carbocycles. The number of hydrogen-bond donors (Lipinski definition) is 0. The van der Waals surface area contributed by atoms with Gasteiger partial charge in [0, 0.05) is 6.20 Å². The summed E-state index contributed by atoms with van der Waals surface area (Å²) >= 11 is 5.73. The highest BCUT2D eigenvalue weighted by atomic mass is 35.5. The van der Waals surface area contributed by atoms with Gasteiger partial charge in [-0.2, -0.15) is 0 Å². The van der Waals surface area contributed by atoms with E-state index in [-0.39, 0.29) is 11.0 Å². The second-order valence-corrected chi connectivity index (χ2v) is 4.20. The molecule has 3 rings (SSSR count). The molecule has 0 fully saturated rings. The third kappa shape index (κ3) is 1.95. The van der Waals surface area contributed by atoms with E-state index in [4.69, 9.17) is 11.6 Å². The number of pyridine rings is 1. The molecule has 0 unspecified atom stereocenters. The topological polar surface area (TPSA) is 86.2 Å². The van der Waals surface area contributed by atoms with Crippen molar-refractivity contribution in [3.05, 3.63) is 51.8 Å². The number of hydrogen-bond acceptors (Lipinski definition) is 5. The van der Waals surface area contributed by atoms with Crippen molar-refractivity contribution in [2.24, 2.45) is 0 Å². The molecule has 9 heteroatoms. The minimum absolute atomic E-state index is 0.124. The SMILES string of the molecule is O=[N+]([O-])c1cnc(-c2cnc3ccc(F)cn23)nc1Cl. The van der Waals surface area contributed by atoms with E-state index in [1.54, 1.807) is 0 Å². The zero-order valence-electron chi connectivity index (χ0n) is 9.70. The Hall–Kier alpha value is -2.61. The van der Waals surface area contributed by atoms with E-state index in [1.165, 1.54) is 28.9 Å². The van der Waals surface area contributed by atoms with E-state index in [2.05, 4.69) is 15.0 Å². The minimum Gasteiger partial charge on any atom is -0.294 e. The molecule has 0 spiro atoms. The third-order valence-corrected chi connectivity index (χ3v) is 2.90. The van der Waals surface area contributed by atoms with Gasteiger partial charge in [-0.05, 0) is 12.1 Å². The van der Waals surface area contributed by atoms with Crippen LogP contribution in [0, 0.1) is 15.9 Å². The molecule has 0 bridgehead atoms. The van der Waals surface area contributed by atoms with Gasteiger partial charge in [0.2, 0.25) is 5.15 Å². The molecule has 0 radical (unpaired) electrons. The molecule has 0 atom stereocenters. The molecule has 0 saturated heterocycles. The summed E-state index contributed by atoms with van der Waals surface area (Å²) in [7, 11) is 0. The molecule has 3 aromatic rings. The molecule has 7 nitrogen and oxygen atoms in total. The van der Waals surface area contributed by atoms with Crippen molar-refractivity contribution in [1.29, 1.82) is 0 Å². The summed E-state index contributed by atoms with van der Waals surface area (Å²) in [6.07, 6.45) is 3.66. The van der Waals surface area contributed by atoms with E-state index >= 15 is 0 Å². The third-order valence-electron chi connectivity index (χ3n) is 2.62. The van der Waals surface area contributed by atoms with Crippen molar-refractivity contribution in [2.75, 3.05) is 0 Å². The highest BCUT2D eigenvalue weighted by Crippen LogP contribution is 2.24. The van der Waals surface area contributed by atoms with Crippen LogP contribution in [-0.2, 0) is 0 Å². The van der Waals surface area contributed by atoms with Gasteiger partial charge in [0.05, 0.1) is 11.1 Å². The lowest BCUT2D eigenvalue weighted by Gasteiger charge is -2.01. The number of aromatic nitrogens is 4. The number of imidazole rings is 1. The fourth-order valence-corrected chi connectivity index (χ4v) is 1.92. The van der Waals surface area contributed by atoms with E-state index in [0.29, 0.717) is 11.3 Å². The van der Waals surface area contributed by atoms with Gasteiger partial charge in [0.25, 0.3) is 0 Å². The Labute approximate surface area is 115 Å². The molecule has 0 aromatic carbocycles. The summed E-state index contributed by atoms with van der Waals surface area (Å²) in [5, 5.41) is 10.4. The maximum absolute atomic E-state index is 13.3. The van der Waals surface area contributed by atoms with Gasteiger partial charge in [-0.15, -0.1) is 0 Å². The lowest BCUT2D eigenvalue weighted by molar-refractivity contribution is -0.385. The molecule has 100 valence electrons. The van der Waals surface area contributed by atoms with Crippen molar-refractivity contribution in [3.63, 3.8) is 0 Å². The zero-order valence-corrected chi connectivity index (χ0v) is 10.5. The van der Waals surface area contributed by atoms with Crippen LogP contribution in [0.25, 0.3) is 17.2 Å². The van der Waals surface area contributed by atoms with Crippen molar-refractivity contribution < 1.29 is 9.31 Å². The van der Waals surface area contributed by atoms with Crippen LogP contribution >= 0.6 is 11.6 Å². The smallest absolute Gasteiger partial charge is 0.294 e. The Balaban J connectivity index is 2.18. The van der Waals surface area contributed by atoms with Gasteiger partial charge >= 0.3 is 5.69 Å². The van der Waals surface area contributed by atoms with E-state index in [9.17, 15) is 14.5 Å². The highest BCUT2D eigenvalue weighted by molar-refractivity contribution is 6.31. The maximum atomic E-state index is 13.3. The summed E-state index contributed by atoms with van der Waals surface area (Å²) in [4.78, 5) is 21.7. The lowest BCUT2D eigenvalue weighted by atomic mass is 10.4. The van der Waals surface area contributed by atoms with E-state index < -0.39 is 16.4 Å². The monoisotopic (exact) mass is 293 g/mol. The summed E-state index contributed by atoms with van der Waals surface area (Å²) in [5.41, 5.74) is 0.492. The summed E-state index contributed by atoms with van der Waals surface area (Å²) in [6.45, 7) is 0. The normalized spacial score (nSPS) is 10.9. The van der Waals surface area contributed by atoms with Crippen molar-refractivity contribution in [2.45, 2.75) is 0 Å². The highest BCUT2D eigenvalue weighted by Gasteiger charge is 2.17. The van der Waals surface area contributed by atoms with Gasteiger partial charge in [-0.25, -0.2) is 19.3 Å². The number of nitrogens with zero attached hydrogens (tertiary/aromatic N) is 5. The number of rotatable bonds is 2. The van der Waals surface area contributed by atoms with Gasteiger partial charge in [-0.3, -0.25) is 14.5 Å². The average Bonchev–Trinajstić information content (AvgIpc) is 2.81. The molecular weight excluding hydrogens is 289 g/mol. The van der Waals surface area contributed by atoms with Crippen LogP contribution in [0.3, 0.4) is 0 Å². The zero-order chi connectivity index (χ0) is 14.3. The molecule has 3 heterocycles. The van der Waals surface area contributed by atoms with Crippen LogP contribution in [0.1, 0.15) is 0 Å².